The Labute approximate surface area is 112 Å². The number of likely N-dealkylation sites (N-methyl/N-ethyl adjacent to an activating group) is 1. The molecule has 1 unspecified atom stereocenters. The Morgan fingerprint density at radius 2 is 2.06 bits per heavy atom. The van der Waals surface area contributed by atoms with Crippen molar-refractivity contribution in [2.45, 2.75) is 50.9 Å². The van der Waals surface area contributed by atoms with Gasteiger partial charge in [-0.05, 0) is 59.7 Å². The van der Waals surface area contributed by atoms with Crippen LogP contribution in [-0.2, 0) is 4.74 Å². The van der Waals surface area contributed by atoms with Gasteiger partial charge in [-0.25, -0.2) is 0 Å². The highest BCUT2D eigenvalue weighted by Gasteiger charge is 2.30. The lowest BCUT2D eigenvalue weighted by atomic mass is 9.82. The number of nitrogens with zero attached hydrogens (tertiary/aromatic N) is 1. The third-order valence-corrected chi connectivity index (χ3v) is 4.29. The van der Waals surface area contributed by atoms with Gasteiger partial charge in [-0.15, -0.1) is 0 Å². The maximum atomic E-state index is 9.28. The fourth-order valence-corrected chi connectivity index (χ4v) is 2.71. The van der Waals surface area contributed by atoms with Crippen LogP contribution in [-0.4, -0.2) is 62.0 Å². The van der Waals surface area contributed by atoms with Crippen molar-refractivity contribution >= 4 is 0 Å². The molecule has 0 bridgehead atoms. The van der Waals surface area contributed by atoms with Crippen LogP contribution in [0.2, 0.25) is 0 Å². The van der Waals surface area contributed by atoms with Crippen molar-refractivity contribution in [3.8, 4) is 0 Å². The molecule has 0 aliphatic heterocycles. The number of aliphatic hydroxyl groups excluding tert-OH is 1. The number of hydrogen-bond donors (Lipinski definition) is 2. The summed E-state index contributed by atoms with van der Waals surface area (Å²) in [4.78, 5) is 2.37. The van der Waals surface area contributed by atoms with Gasteiger partial charge in [0.05, 0.1) is 11.7 Å². The number of ether oxygens (including phenoxy) is 1. The number of aliphatic hydroxyl groups is 1. The smallest absolute Gasteiger partial charge is 0.0775 e. The van der Waals surface area contributed by atoms with E-state index in [1.54, 1.807) is 7.11 Å². The van der Waals surface area contributed by atoms with Gasteiger partial charge in [0.15, 0.2) is 0 Å². The van der Waals surface area contributed by atoms with E-state index in [1.165, 1.54) is 0 Å². The standard InChI is InChI=1S/C14H30N2O2/c1-14(2,18-5)13(15-3)6-7-16(4)10-11-8-12(17)9-11/h11-13,15,17H,6-10H2,1-5H3. The zero-order valence-electron chi connectivity index (χ0n) is 12.6. The Hall–Kier alpha value is -0.160. The van der Waals surface area contributed by atoms with Crippen LogP contribution in [0.3, 0.4) is 0 Å². The minimum atomic E-state index is -0.137. The van der Waals surface area contributed by atoms with E-state index in [0.29, 0.717) is 12.0 Å². The highest BCUT2D eigenvalue weighted by atomic mass is 16.5. The molecule has 1 rings (SSSR count). The van der Waals surface area contributed by atoms with Crippen LogP contribution >= 0.6 is 0 Å². The Balaban J connectivity index is 2.25. The van der Waals surface area contributed by atoms with Crippen molar-refractivity contribution in [2.24, 2.45) is 5.92 Å². The summed E-state index contributed by atoms with van der Waals surface area (Å²) in [5, 5.41) is 12.6. The van der Waals surface area contributed by atoms with Crippen LogP contribution in [0.4, 0.5) is 0 Å². The van der Waals surface area contributed by atoms with Crippen LogP contribution in [0.1, 0.15) is 33.1 Å². The molecule has 1 fully saturated rings. The Bertz CT molecular complexity index is 240. The molecule has 18 heavy (non-hydrogen) atoms. The molecule has 108 valence electrons. The second kappa shape index (κ2) is 6.85. The number of rotatable bonds is 8. The first kappa shape index (κ1) is 15.9. The lowest BCUT2D eigenvalue weighted by Crippen LogP contribution is -2.48. The third-order valence-electron chi connectivity index (χ3n) is 4.29. The molecule has 4 heteroatoms. The number of nitrogens with one attached hydrogen (secondary N) is 1. The molecule has 0 amide bonds. The monoisotopic (exact) mass is 258 g/mol. The lowest BCUT2D eigenvalue weighted by Gasteiger charge is -2.36. The zero-order valence-corrected chi connectivity index (χ0v) is 12.6. The third kappa shape index (κ3) is 4.50. The molecular formula is C14H30N2O2. The summed E-state index contributed by atoms with van der Waals surface area (Å²) in [5.41, 5.74) is -0.137. The summed E-state index contributed by atoms with van der Waals surface area (Å²) >= 11 is 0. The summed E-state index contributed by atoms with van der Waals surface area (Å²) in [6.07, 6.45) is 2.98. The quantitative estimate of drug-likeness (QED) is 0.684. The van der Waals surface area contributed by atoms with Crippen LogP contribution in [0, 0.1) is 5.92 Å². The average molecular weight is 258 g/mol. The van der Waals surface area contributed by atoms with Gasteiger partial charge in [0, 0.05) is 19.7 Å². The maximum absolute atomic E-state index is 9.28. The molecule has 1 aliphatic carbocycles. The first-order chi connectivity index (χ1) is 8.39. The molecule has 4 nitrogen and oxygen atoms in total. The van der Waals surface area contributed by atoms with E-state index < -0.39 is 0 Å². The van der Waals surface area contributed by atoms with Crippen LogP contribution in [0.25, 0.3) is 0 Å². The SMILES string of the molecule is CNC(CCN(C)CC1CC(O)C1)C(C)(C)OC. The second-order valence-electron chi connectivity index (χ2n) is 6.19. The predicted molar refractivity (Wildman–Crippen MR) is 74.8 cm³/mol. The van der Waals surface area contributed by atoms with Crippen molar-refractivity contribution < 1.29 is 9.84 Å². The Morgan fingerprint density at radius 1 is 1.44 bits per heavy atom. The molecule has 0 aromatic heterocycles. The molecule has 1 aliphatic rings. The van der Waals surface area contributed by atoms with Gasteiger partial charge in [0.2, 0.25) is 0 Å². The summed E-state index contributed by atoms with van der Waals surface area (Å²) in [6.45, 7) is 6.40. The van der Waals surface area contributed by atoms with E-state index >= 15 is 0 Å². The van der Waals surface area contributed by atoms with Crippen molar-refractivity contribution in [1.29, 1.82) is 0 Å². The van der Waals surface area contributed by atoms with E-state index in [-0.39, 0.29) is 11.7 Å². The fourth-order valence-electron chi connectivity index (χ4n) is 2.71. The van der Waals surface area contributed by atoms with E-state index in [1.807, 2.05) is 7.05 Å². The van der Waals surface area contributed by atoms with Crippen LogP contribution < -0.4 is 5.32 Å². The van der Waals surface area contributed by atoms with Gasteiger partial charge in [0.1, 0.15) is 0 Å². The first-order valence-electron chi connectivity index (χ1n) is 6.98. The van der Waals surface area contributed by atoms with Crippen molar-refractivity contribution in [3.63, 3.8) is 0 Å². The maximum Gasteiger partial charge on any atom is 0.0775 e. The molecule has 1 atom stereocenters. The molecule has 2 N–H and O–H groups in total. The van der Waals surface area contributed by atoms with E-state index in [0.717, 1.165) is 32.4 Å². The minimum Gasteiger partial charge on any atom is -0.393 e. The van der Waals surface area contributed by atoms with E-state index in [4.69, 9.17) is 4.74 Å². The van der Waals surface area contributed by atoms with Crippen LogP contribution in [0.15, 0.2) is 0 Å². The molecule has 0 radical (unpaired) electrons. The van der Waals surface area contributed by atoms with Crippen molar-refractivity contribution in [2.75, 3.05) is 34.3 Å². The summed E-state index contributed by atoms with van der Waals surface area (Å²) in [6, 6.07) is 0.358. The van der Waals surface area contributed by atoms with E-state index in [9.17, 15) is 5.11 Å². The zero-order chi connectivity index (χ0) is 13.8. The molecule has 1 saturated carbocycles. The van der Waals surface area contributed by atoms with Gasteiger partial charge in [0.25, 0.3) is 0 Å². The van der Waals surface area contributed by atoms with Crippen molar-refractivity contribution in [3.05, 3.63) is 0 Å². The van der Waals surface area contributed by atoms with Crippen LogP contribution in [0.5, 0.6) is 0 Å². The largest absolute Gasteiger partial charge is 0.393 e. The van der Waals surface area contributed by atoms with Crippen molar-refractivity contribution in [1.82, 2.24) is 10.2 Å². The van der Waals surface area contributed by atoms with Gasteiger partial charge < -0.3 is 20.1 Å². The summed E-state index contributed by atoms with van der Waals surface area (Å²) in [7, 11) is 5.93. The fraction of sp³-hybridized carbons (Fsp3) is 1.00. The second-order valence-corrected chi connectivity index (χ2v) is 6.19. The van der Waals surface area contributed by atoms with Gasteiger partial charge in [-0.3, -0.25) is 0 Å². The summed E-state index contributed by atoms with van der Waals surface area (Å²) < 4.78 is 5.54. The topological polar surface area (TPSA) is 44.7 Å². The first-order valence-corrected chi connectivity index (χ1v) is 6.98. The number of methoxy groups -OCH3 is 1. The lowest BCUT2D eigenvalue weighted by molar-refractivity contribution is -0.0140. The molecule has 0 heterocycles. The summed E-state index contributed by atoms with van der Waals surface area (Å²) in [5.74, 6) is 0.688. The van der Waals surface area contributed by atoms with E-state index in [2.05, 4.69) is 31.1 Å². The molecule has 0 aromatic carbocycles. The minimum absolute atomic E-state index is 0.0409. The Morgan fingerprint density at radius 3 is 2.50 bits per heavy atom. The molecule has 0 aromatic rings. The Kier molecular flexibility index (Phi) is 6.05. The molecule has 0 spiro atoms. The van der Waals surface area contributed by atoms with Gasteiger partial charge >= 0.3 is 0 Å². The number of hydrogen-bond acceptors (Lipinski definition) is 4. The highest BCUT2D eigenvalue weighted by molar-refractivity contribution is 4.86. The average Bonchev–Trinajstić information content (AvgIpc) is 2.27. The van der Waals surface area contributed by atoms with Gasteiger partial charge in [-0.2, -0.15) is 0 Å². The predicted octanol–water partition coefficient (Wildman–Crippen LogP) is 1.09. The molecule has 0 saturated heterocycles. The molecular weight excluding hydrogens is 228 g/mol. The normalized spacial score (nSPS) is 26.2. The van der Waals surface area contributed by atoms with Gasteiger partial charge in [-0.1, -0.05) is 0 Å². The highest BCUT2D eigenvalue weighted by Crippen LogP contribution is 2.27.